The molecule has 0 aliphatic heterocycles. The van der Waals surface area contributed by atoms with Crippen LogP contribution in [0.5, 0.6) is 0 Å². The molecular formula is C10H14ClNS. The maximum absolute atomic E-state index is 5.78. The second kappa shape index (κ2) is 5.53. The highest BCUT2D eigenvalue weighted by Gasteiger charge is 1.98. The molecule has 0 amide bonds. The van der Waals surface area contributed by atoms with Crippen LogP contribution in [0.15, 0.2) is 24.3 Å². The van der Waals surface area contributed by atoms with Gasteiger partial charge in [-0.1, -0.05) is 23.7 Å². The van der Waals surface area contributed by atoms with Gasteiger partial charge >= 0.3 is 0 Å². The second-order valence-corrected chi connectivity index (χ2v) is 3.97. The Labute approximate surface area is 90.1 Å². The molecule has 13 heavy (non-hydrogen) atoms. The molecule has 0 unspecified atom stereocenters. The summed E-state index contributed by atoms with van der Waals surface area (Å²) >= 11 is 9.96. The van der Waals surface area contributed by atoms with Crippen molar-refractivity contribution < 1.29 is 0 Å². The van der Waals surface area contributed by atoms with E-state index in [1.807, 2.05) is 12.1 Å². The van der Waals surface area contributed by atoms with Gasteiger partial charge in [-0.05, 0) is 24.7 Å². The number of thiol groups is 1. The summed E-state index contributed by atoms with van der Waals surface area (Å²) in [6, 6.07) is 7.95. The van der Waals surface area contributed by atoms with E-state index in [0.29, 0.717) is 0 Å². The van der Waals surface area contributed by atoms with Crippen molar-refractivity contribution in [2.24, 2.45) is 0 Å². The molecule has 0 aliphatic rings. The molecule has 1 aromatic carbocycles. The van der Waals surface area contributed by atoms with Gasteiger partial charge in [0.05, 0.1) is 0 Å². The number of benzene rings is 1. The van der Waals surface area contributed by atoms with E-state index in [0.717, 1.165) is 23.9 Å². The minimum atomic E-state index is 0.792. The molecule has 0 N–H and O–H groups in total. The number of hydrogen-bond acceptors (Lipinski definition) is 2. The van der Waals surface area contributed by atoms with Gasteiger partial charge in [-0.25, -0.2) is 0 Å². The van der Waals surface area contributed by atoms with Gasteiger partial charge in [0, 0.05) is 23.9 Å². The zero-order valence-electron chi connectivity index (χ0n) is 7.70. The minimum Gasteiger partial charge on any atom is -0.301 e. The lowest BCUT2D eigenvalue weighted by atomic mass is 10.2. The zero-order valence-corrected chi connectivity index (χ0v) is 9.35. The highest BCUT2D eigenvalue weighted by atomic mass is 35.5. The van der Waals surface area contributed by atoms with Gasteiger partial charge in [0.15, 0.2) is 0 Å². The quantitative estimate of drug-likeness (QED) is 0.756. The average Bonchev–Trinajstić information content (AvgIpc) is 2.09. The number of rotatable bonds is 4. The lowest BCUT2D eigenvalue weighted by Crippen LogP contribution is -2.19. The molecule has 0 bridgehead atoms. The topological polar surface area (TPSA) is 3.24 Å². The van der Waals surface area contributed by atoms with Gasteiger partial charge in [0.1, 0.15) is 0 Å². The van der Waals surface area contributed by atoms with Crippen LogP contribution in [0.1, 0.15) is 5.56 Å². The molecule has 72 valence electrons. The first kappa shape index (κ1) is 10.9. The molecular weight excluding hydrogens is 202 g/mol. The maximum Gasteiger partial charge on any atom is 0.0406 e. The third-order valence-corrected chi connectivity index (χ3v) is 2.30. The van der Waals surface area contributed by atoms with E-state index in [9.17, 15) is 0 Å². The van der Waals surface area contributed by atoms with Crippen LogP contribution in [0.4, 0.5) is 0 Å². The molecule has 0 saturated carbocycles. The maximum atomic E-state index is 5.78. The van der Waals surface area contributed by atoms with Crippen molar-refractivity contribution in [2.75, 3.05) is 19.3 Å². The predicted octanol–water partition coefficient (Wildman–Crippen LogP) is 2.70. The Morgan fingerprint density at radius 1 is 1.31 bits per heavy atom. The fraction of sp³-hybridized carbons (Fsp3) is 0.400. The Bertz CT molecular complexity index is 248. The molecule has 0 fully saturated rings. The zero-order chi connectivity index (χ0) is 9.68. The van der Waals surface area contributed by atoms with Crippen LogP contribution in [0.25, 0.3) is 0 Å². The summed E-state index contributed by atoms with van der Waals surface area (Å²) in [6.45, 7) is 1.96. The largest absolute Gasteiger partial charge is 0.301 e. The lowest BCUT2D eigenvalue weighted by molar-refractivity contribution is 0.349. The van der Waals surface area contributed by atoms with Crippen LogP contribution in [0.3, 0.4) is 0 Å². The van der Waals surface area contributed by atoms with E-state index in [-0.39, 0.29) is 0 Å². The van der Waals surface area contributed by atoms with Crippen LogP contribution in [0, 0.1) is 0 Å². The van der Waals surface area contributed by atoms with Crippen molar-refractivity contribution >= 4 is 24.2 Å². The van der Waals surface area contributed by atoms with E-state index in [2.05, 4.69) is 36.7 Å². The van der Waals surface area contributed by atoms with Gasteiger partial charge < -0.3 is 4.90 Å². The van der Waals surface area contributed by atoms with E-state index in [1.165, 1.54) is 5.56 Å². The second-order valence-electron chi connectivity index (χ2n) is 3.09. The first-order valence-corrected chi connectivity index (χ1v) is 5.27. The first-order chi connectivity index (χ1) is 6.22. The Kier molecular flexibility index (Phi) is 4.64. The number of halogens is 1. The minimum absolute atomic E-state index is 0.792. The Morgan fingerprint density at radius 3 is 2.46 bits per heavy atom. The summed E-state index contributed by atoms with van der Waals surface area (Å²) in [7, 11) is 2.09. The summed E-state index contributed by atoms with van der Waals surface area (Å²) in [5, 5.41) is 0.792. The average molecular weight is 216 g/mol. The highest BCUT2D eigenvalue weighted by molar-refractivity contribution is 7.80. The third-order valence-electron chi connectivity index (χ3n) is 1.85. The number of hydrogen-bond donors (Lipinski definition) is 1. The Hall–Kier alpha value is -0.180. The Balaban J connectivity index is 2.49. The summed E-state index contributed by atoms with van der Waals surface area (Å²) < 4.78 is 0. The van der Waals surface area contributed by atoms with Crippen molar-refractivity contribution in [3.8, 4) is 0 Å². The monoisotopic (exact) mass is 215 g/mol. The van der Waals surface area contributed by atoms with Crippen LogP contribution in [-0.2, 0) is 6.54 Å². The lowest BCUT2D eigenvalue weighted by Gasteiger charge is -2.14. The van der Waals surface area contributed by atoms with Crippen LogP contribution in [0.2, 0.25) is 5.02 Å². The molecule has 0 aromatic heterocycles. The molecule has 0 radical (unpaired) electrons. The van der Waals surface area contributed by atoms with Crippen LogP contribution in [-0.4, -0.2) is 24.2 Å². The smallest absolute Gasteiger partial charge is 0.0406 e. The number of nitrogens with zero attached hydrogens (tertiary/aromatic N) is 1. The fourth-order valence-electron chi connectivity index (χ4n) is 1.15. The molecule has 0 atom stereocenters. The normalized spacial score (nSPS) is 10.8. The van der Waals surface area contributed by atoms with E-state index >= 15 is 0 Å². The Morgan fingerprint density at radius 2 is 1.92 bits per heavy atom. The van der Waals surface area contributed by atoms with Crippen molar-refractivity contribution in [3.63, 3.8) is 0 Å². The molecule has 1 rings (SSSR count). The van der Waals surface area contributed by atoms with Crippen molar-refractivity contribution in [2.45, 2.75) is 6.54 Å². The van der Waals surface area contributed by atoms with Crippen molar-refractivity contribution in [1.29, 1.82) is 0 Å². The van der Waals surface area contributed by atoms with E-state index < -0.39 is 0 Å². The van der Waals surface area contributed by atoms with Crippen LogP contribution < -0.4 is 0 Å². The highest BCUT2D eigenvalue weighted by Crippen LogP contribution is 2.10. The molecule has 1 aromatic rings. The molecule has 0 spiro atoms. The van der Waals surface area contributed by atoms with Gasteiger partial charge in [-0.3, -0.25) is 0 Å². The van der Waals surface area contributed by atoms with E-state index in [1.54, 1.807) is 0 Å². The molecule has 0 saturated heterocycles. The van der Waals surface area contributed by atoms with Gasteiger partial charge in [0.2, 0.25) is 0 Å². The summed E-state index contributed by atoms with van der Waals surface area (Å²) in [6.07, 6.45) is 0. The van der Waals surface area contributed by atoms with Crippen molar-refractivity contribution in [1.82, 2.24) is 4.90 Å². The molecule has 3 heteroatoms. The summed E-state index contributed by atoms with van der Waals surface area (Å²) in [5.74, 6) is 0.893. The van der Waals surface area contributed by atoms with Crippen LogP contribution >= 0.6 is 24.2 Å². The van der Waals surface area contributed by atoms with Crippen molar-refractivity contribution in [3.05, 3.63) is 34.9 Å². The third kappa shape index (κ3) is 4.03. The predicted molar refractivity (Wildman–Crippen MR) is 61.6 cm³/mol. The summed E-state index contributed by atoms with van der Waals surface area (Å²) in [5.41, 5.74) is 1.29. The standard InChI is InChI=1S/C10H14ClNS/c1-12(6-7-13)8-9-2-4-10(11)5-3-9/h2-5,13H,6-8H2,1H3. The molecule has 0 heterocycles. The molecule has 0 aliphatic carbocycles. The summed E-state index contributed by atoms with van der Waals surface area (Å²) in [4.78, 5) is 2.23. The van der Waals surface area contributed by atoms with Gasteiger partial charge in [-0.2, -0.15) is 12.6 Å². The van der Waals surface area contributed by atoms with E-state index in [4.69, 9.17) is 11.6 Å². The fourth-order valence-corrected chi connectivity index (χ4v) is 1.62. The first-order valence-electron chi connectivity index (χ1n) is 4.26. The van der Waals surface area contributed by atoms with Gasteiger partial charge in [0.25, 0.3) is 0 Å². The molecule has 1 nitrogen and oxygen atoms in total. The van der Waals surface area contributed by atoms with Gasteiger partial charge in [-0.15, -0.1) is 0 Å². The SMILES string of the molecule is CN(CCS)Cc1ccc(Cl)cc1.